The summed E-state index contributed by atoms with van der Waals surface area (Å²) in [6.07, 6.45) is 0. The van der Waals surface area contributed by atoms with Crippen molar-refractivity contribution in [2.45, 2.75) is 6.61 Å². The molecule has 0 aliphatic rings. The first-order chi connectivity index (χ1) is 6.74. The normalized spacial score (nSPS) is 10.7. The van der Waals surface area contributed by atoms with Gasteiger partial charge in [0.1, 0.15) is 5.02 Å². The third-order valence-corrected chi connectivity index (χ3v) is 2.52. The molecule has 2 N–H and O–H groups in total. The van der Waals surface area contributed by atoms with Gasteiger partial charge in [-0.2, -0.15) is 0 Å². The first-order valence-electron chi connectivity index (χ1n) is 4.14. The molecule has 0 unspecified atom stereocenters. The molecule has 0 spiro atoms. The van der Waals surface area contributed by atoms with Gasteiger partial charge in [-0.1, -0.05) is 29.8 Å². The zero-order chi connectivity index (χ0) is 10.1. The third-order valence-electron chi connectivity index (χ3n) is 2.12. The lowest BCUT2D eigenvalue weighted by molar-refractivity contribution is 0.283. The van der Waals surface area contributed by atoms with Crippen LogP contribution in [-0.2, 0) is 6.61 Å². The molecule has 1 heterocycles. The Bertz CT molecular complexity index is 533. The number of pyridine rings is 1. The fourth-order valence-electron chi connectivity index (χ4n) is 1.44. The Hall–Kier alpha value is -1.32. The summed E-state index contributed by atoms with van der Waals surface area (Å²) < 4.78 is 0. The molecule has 72 valence electrons. The number of aliphatic hydroxyl groups is 1. The number of aromatic amines is 1. The highest BCUT2D eigenvalue weighted by Gasteiger charge is 2.08. The second-order valence-electron chi connectivity index (χ2n) is 2.95. The van der Waals surface area contributed by atoms with Crippen LogP contribution in [0.2, 0.25) is 5.02 Å². The van der Waals surface area contributed by atoms with Crippen LogP contribution < -0.4 is 5.56 Å². The highest BCUT2D eigenvalue weighted by atomic mass is 35.5. The summed E-state index contributed by atoms with van der Waals surface area (Å²) in [5, 5.41) is 9.94. The molecule has 0 atom stereocenters. The van der Waals surface area contributed by atoms with Gasteiger partial charge in [-0.15, -0.1) is 0 Å². The predicted octanol–water partition coefficient (Wildman–Crippen LogP) is 1.67. The molecule has 1 aromatic heterocycles. The lowest BCUT2D eigenvalue weighted by Gasteiger charge is -2.04. The fraction of sp³-hybridized carbons (Fsp3) is 0.100. The molecule has 3 nitrogen and oxygen atoms in total. The maximum absolute atomic E-state index is 11.3. The van der Waals surface area contributed by atoms with E-state index >= 15 is 0 Å². The minimum atomic E-state index is -0.366. The van der Waals surface area contributed by atoms with Crippen LogP contribution in [0.5, 0.6) is 0 Å². The van der Waals surface area contributed by atoms with Crippen molar-refractivity contribution in [1.82, 2.24) is 4.98 Å². The third kappa shape index (κ3) is 1.31. The molecular weight excluding hydrogens is 202 g/mol. The Morgan fingerprint density at radius 3 is 2.79 bits per heavy atom. The summed E-state index contributed by atoms with van der Waals surface area (Å²) >= 11 is 5.77. The fourth-order valence-corrected chi connectivity index (χ4v) is 1.65. The molecule has 4 heteroatoms. The molecule has 0 aliphatic carbocycles. The summed E-state index contributed by atoms with van der Waals surface area (Å²) in [7, 11) is 0. The molecule has 14 heavy (non-hydrogen) atoms. The van der Waals surface area contributed by atoms with E-state index in [0.29, 0.717) is 11.1 Å². The Morgan fingerprint density at radius 1 is 1.36 bits per heavy atom. The minimum Gasteiger partial charge on any atom is -0.392 e. The van der Waals surface area contributed by atoms with Crippen molar-refractivity contribution in [3.8, 4) is 0 Å². The monoisotopic (exact) mass is 209 g/mol. The Kier molecular flexibility index (Phi) is 2.27. The van der Waals surface area contributed by atoms with Gasteiger partial charge in [0.05, 0.1) is 6.61 Å². The molecule has 0 saturated heterocycles. The highest BCUT2D eigenvalue weighted by Crippen LogP contribution is 2.20. The predicted molar refractivity (Wildman–Crippen MR) is 55.5 cm³/mol. The summed E-state index contributed by atoms with van der Waals surface area (Å²) in [5.74, 6) is 0. The topological polar surface area (TPSA) is 53.1 Å². The van der Waals surface area contributed by atoms with E-state index < -0.39 is 0 Å². The van der Waals surface area contributed by atoms with Crippen LogP contribution >= 0.6 is 11.6 Å². The average Bonchev–Trinajstić information content (AvgIpc) is 2.20. The standard InChI is InChI=1S/C10H8ClNO2/c11-9-7(5-13)6-3-1-2-4-8(6)12-10(9)14/h1-4,13H,5H2,(H,12,14). The first-order valence-corrected chi connectivity index (χ1v) is 4.52. The summed E-state index contributed by atoms with van der Waals surface area (Å²) in [6, 6.07) is 7.22. The van der Waals surface area contributed by atoms with E-state index in [0.717, 1.165) is 5.39 Å². The van der Waals surface area contributed by atoms with Gasteiger partial charge >= 0.3 is 0 Å². The Labute approximate surface area is 85.0 Å². The average molecular weight is 210 g/mol. The van der Waals surface area contributed by atoms with Crippen LogP contribution in [0.25, 0.3) is 10.9 Å². The molecule has 2 aromatic rings. The van der Waals surface area contributed by atoms with Crippen LogP contribution in [0, 0.1) is 0 Å². The van der Waals surface area contributed by atoms with Gasteiger partial charge in [0.15, 0.2) is 0 Å². The van der Waals surface area contributed by atoms with Gasteiger partial charge in [0, 0.05) is 16.5 Å². The maximum atomic E-state index is 11.3. The summed E-state index contributed by atoms with van der Waals surface area (Å²) in [4.78, 5) is 13.9. The number of hydrogen-bond acceptors (Lipinski definition) is 2. The van der Waals surface area contributed by atoms with E-state index in [1.54, 1.807) is 6.07 Å². The van der Waals surface area contributed by atoms with Crippen molar-refractivity contribution in [1.29, 1.82) is 0 Å². The number of aliphatic hydroxyl groups excluding tert-OH is 1. The molecule has 0 aliphatic heterocycles. The first kappa shape index (κ1) is 9.24. The van der Waals surface area contributed by atoms with E-state index in [-0.39, 0.29) is 17.2 Å². The van der Waals surface area contributed by atoms with Crippen LogP contribution in [0.4, 0.5) is 0 Å². The maximum Gasteiger partial charge on any atom is 0.267 e. The zero-order valence-electron chi connectivity index (χ0n) is 7.25. The van der Waals surface area contributed by atoms with Crippen molar-refractivity contribution < 1.29 is 5.11 Å². The van der Waals surface area contributed by atoms with E-state index in [2.05, 4.69) is 4.98 Å². The molecule has 0 fully saturated rings. The number of aromatic nitrogens is 1. The molecule has 0 radical (unpaired) electrons. The van der Waals surface area contributed by atoms with Gasteiger partial charge < -0.3 is 10.1 Å². The van der Waals surface area contributed by atoms with E-state index in [4.69, 9.17) is 16.7 Å². The van der Waals surface area contributed by atoms with Crippen molar-refractivity contribution in [3.05, 3.63) is 45.2 Å². The molecule has 2 rings (SSSR count). The van der Waals surface area contributed by atoms with Crippen molar-refractivity contribution in [3.63, 3.8) is 0 Å². The van der Waals surface area contributed by atoms with Gasteiger partial charge in [-0.25, -0.2) is 0 Å². The van der Waals surface area contributed by atoms with E-state index in [1.165, 1.54) is 0 Å². The summed E-state index contributed by atoms with van der Waals surface area (Å²) in [6.45, 7) is -0.233. The number of halogens is 1. The lowest BCUT2D eigenvalue weighted by Crippen LogP contribution is -2.09. The summed E-state index contributed by atoms with van der Waals surface area (Å²) in [5.41, 5.74) is 0.798. The van der Waals surface area contributed by atoms with Crippen LogP contribution in [0.3, 0.4) is 0 Å². The van der Waals surface area contributed by atoms with Crippen molar-refractivity contribution >= 4 is 22.5 Å². The second-order valence-corrected chi connectivity index (χ2v) is 3.33. The zero-order valence-corrected chi connectivity index (χ0v) is 8.01. The van der Waals surface area contributed by atoms with Gasteiger partial charge in [-0.3, -0.25) is 4.79 Å². The van der Waals surface area contributed by atoms with Gasteiger partial charge in [0.25, 0.3) is 5.56 Å². The van der Waals surface area contributed by atoms with Gasteiger partial charge in [0.2, 0.25) is 0 Å². The Balaban J connectivity index is 2.96. The quantitative estimate of drug-likeness (QED) is 0.751. The molecular formula is C10H8ClNO2. The number of H-pyrrole nitrogens is 1. The van der Waals surface area contributed by atoms with Crippen LogP contribution in [-0.4, -0.2) is 10.1 Å². The number of fused-ring (bicyclic) bond motifs is 1. The number of para-hydroxylation sites is 1. The Morgan fingerprint density at radius 2 is 2.07 bits per heavy atom. The molecule has 0 amide bonds. The van der Waals surface area contributed by atoms with Crippen molar-refractivity contribution in [2.75, 3.05) is 0 Å². The van der Waals surface area contributed by atoms with Crippen LogP contribution in [0.1, 0.15) is 5.56 Å². The SMILES string of the molecule is O=c1[nH]c2ccccc2c(CO)c1Cl. The van der Waals surface area contributed by atoms with E-state index in [1.807, 2.05) is 18.2 Å². The minimum absolute atomic E-state index is 0.0613. The number of benzene rings is 1. The van der Waals surface area contributed by atoms with Gasteiger partial charge in [-0.05, 0) is 6.07 Å². The second kappa shape index (κ2) is 3.44. The number of nitrogens with one attached hydrogen (secondary N) is 1. The number of hydrogen-bond donors (Lipinski definition) is 2. The van der Waals surface area contributed by atoms with E-state index in [9.17, 15) is 4.79 Å². The van der Waals surface area contributed by atoms with Crippen LogP contribution in [0.15, 0.2) is 29.1 Å². The highest BCUT2D eigenvalue weighted by molar-refractivity contribution is 6.32. The smallest absolute Gasteiger partial charge is 0.267 e. The lowest BCUT2D eigenvalue weighted by atomic mass is 10.1. The molecule has 0 bridgehead atoms. The molecule has 0 saturated carbocycles. The largest absolute Gasteiger partial charge is 0.392 e. The van der Waals surface area contributed by atoms with Crippen molar-refractivity contribution in [2.24, 2.45) is 0 Å². The molecule has 1 aromatic carbocycles. The number of rotatable bonds is 1.